The molecule has 0 aliphatic carbocycles. The number of nitrogens with one attached hydrogen (secondary N) is 1. The number of benzene rings is 1. The van der Waals surface area contributed by atoms with Gasteiger partial charge in [0.05, 0.1) is 5.69 Å². The van der Waals surface area contributed by atoms with E-state index in [2.05, 4.69) is 33.5 Å². The molecule has 0 heterocycles. The highest BCUT2D eigenvalue weighted by Gasteiger charge is 2.04. The zero-order valence-corrected chi connectivity index (χ0v) is 9.30. The minimum atomic E-state index is -0.264. The first kappa shape index (κ1) is 10.4. The zero-order valence-electron chi connectivity index (χ0n) is 6.90. The summed E-state index contributed by atoms with van der Waals surface area (Å²) in [6.07, 6.45) is 0. The van der Waals surface area contributed by atoms with Crippen LogP contribution in [0.2, 0.25) is 0 Å². The van der Waals surface area contributed by atoms with Gasteiger partial charge in [-0.1, -0.05) is 0 Å². The van der Waals surface area contributed by atoms with Crippen LogP contribution in [0, 0.1) is 12.7 Å². The number of hydrogen-bond donors (Lipinski definition) is 2. The highest BCUT2D eigenvalue weighted by atomic mass is 79.9. The van der Waals surface area contributed by atoms with Crippen molar-refractivity contribution in [3.05, 3.63) is 28.0 Å². The quantitative estimate of drug-likeness (QED) is 0.765. The zero-order chi connectivity index (χ0) is 10.0. The number of hydrogen-bond acceptors (Lipinski definition) is 1. The number of rotatable bonds is 1. The van der Waals surface area contributed by atoms with E-state index in [1.54, 1.807) is 13.0 Å². The van der Waals surface area contributed by atoms with Crippen LogP contribution in [0.15, 0.2) is 16.6 Å². The van der Waals surface area contributed by atoms with Gasteiger partial charge >= 0.3 is 0 Å². The highest BCUT2D eigenvalue weighted by Crippen LogP contribution is 2.25. The molecule has 0 aliphatic heterocycles. The van der Waals surface area contributed by atoms with E-state index in [4.69, 9.17) is 5.73 Å². The summed E-state index contributed by atoms with van der Waals surface area (Å²) >= 11 is 7.86. The maximum Gasteiger partial charge on any atom is 0.168 e. The first-order valence-corrected chi connectivity index (χ1v) is 4.73. The van der Waals surface area contributed by atoms with Gasteiger partial charge in [-0.15, -0.1) is 0 Å². The van der Waals surface area contributed by atoms with E-state index in [-0.39, 0.29) is 10.9 Å². The first-order chi connectivity index (χ1) is 6.00. The molecule has 0 unspecified atom stereocenters. The molecule has 0 saturated carbocycles. The van der Waals surface area contributed by atoms with E-state index in [9.17, 15) is 4.39 Å². The van der Waals surface area contributed by atoms with Crippen molar-refractivity contribution in [1.29, 1.82) is 0 Å². The Hall–Kier alpha value is -0.680. The molecule has 0 atom stereocenters. The van der Waals surface area contributed by atoms with Crippen LogP contribution in [0.1, 0.15) is 5.56 Å². The molecule has 0 bridgehead atoms. The largest absolute Gasteiger partial charge is 0.376 e. The van der Waals surface area contributed by atoms with Gasteiger partial charge in [-0.3, -0.25) is 0 Å². The van der Waals surface area contributed by atoms with E-state index >= 15 is 0 Å². The topological polar surface area (TPSA) is 38.0 Å². The Balaban J connectivity index is 3.08. The molecule has 0 aromatic heterocycles. The minimum absolute atomic E-state index is 0.159. The molecule has 1 rings (SSSR count). The Morgan fingerprint density at radius 3 is 2.77 bits per heavy atom. The lowest BCUT2D eigenvalue weighted by Gasteiger charge is -2.07. The van der Waals surface area contributed by atoms with E-state index in [1.807, 2.05) is 0 Å². The summed E-state index contributed by atoms with van der Waals surface area (Å²) in [6.45, 7) is 1.67. The number of halogens is 2. The molecule has 0 fully saturated rings. The van der Waals surface area contributed by atoms with Gasteiger partial charge in [0.15, 0.2) is 5.11 Å². The minimum Gasteiger partial charge on any atom is -0.376 e. The molecule has 0 radical (unpaired) electrons. The van der Waals surface area contributed by atoms with Crippen LogP contribution in [0.4, 0.5) is 10.1 Å². The average molecular weight is 263 g/mol. The molecule has 3 N–H and O–H groups in total. The molecule has 5 heteroatoms. The lowest BCUT2D eigenvalue weighted by atomic mass is 10.2. The number of anilines is 1. The van der Waals surface area contributed by atoms with Crippen LogP contribution in [0.25, 0.3) is 0 Å². The normalized spacial score (nSPS) is 9.77. The standard InChI is InChI=1S/C8H8BrFN2S/c1-4-2-7(12-8(11)13)5(9)3-6(4)10/h2-3H,1H3,(H3,11,12,13). The highest BCUT2D eigenvalue weighted by molar-refractivity contribution is 9.10. The third-order valence-electron chi connectivity index (χ3n) is 1.51. The van der Waals surface area contributed by atoms with Crippen LogP contribution >= 0.6 is 28.1 Å². The van der Waals surface area contributed by atoms with Crippen LogP contribution in [-0.4, -0.2) is 5.11 Å². The second-order valence-corrected chi connectivity index (χ2v) is 3.86. The van der Waals surface area contributed by atoms with E-state index in [0.717, 1.165) is 0 Å². The molecular formula is C8H8BrFN2S. The van der Waals surface area contributed by atoms with Crippen LogP contribution in [0.3, 0.4) is 0 Å². The SMILES string of the molecule is Cc1cc(NC(N)=S)c(Br)cc1F. The van der Waals surface area contributed by atoms with Crippen molar-refractivity contribution >= 4 is 38.9 Å². The molecule has 0 saturated heterocycles. The van der Waals surface area contributed by atoms with Gasteiger partial charge in [0.1, 0.15) is 5.82 Å². The second kappa shape index (κ2) is 4.02. The van der Waals surface area contributed by atoms with Gasteiger partial charge in [0, 0.05) is 4.47 Å². The maximum absolute atomic E-state index is 13.0. The van der Waals surface area contributed by atoms with E-state index in [0.29, 0.717) is 15.7 Å². The van der Waals surface area contributed by atoms with Gasteiger partial charge in [-0.25, -0.2) is 4.39 Å². The predicted molar refractivity (Wildman–Crippen MR) is 59.2 cm³/mol. The predicted octanol–water partition coefficient (Wildman–Crippen LogP) is 2.55. The maximum atomic E-state index is 13.0. The van der Waals surface area contributed by atoms with Crippen molar-refractivity contribution in [3.63, 3.8) is 0 Å². The molecule has 13 heavy (non-hydrogen) atoms. The Labute approximate surface area is 89.4 Å². The lowest BCUT2D eigenvalue weighted by molar-refractivity contribution is 0.618. The number of aryl methyl sites for hydroxylation is 1. The van der Waals surface area contributed by atoms with Crippen molar-refractivity contribution in [3.8, 4) is 0 Å². The lowest BCUT2D eigenvalue weighted by Crippen LogP contribution is -2.19. The molecule has 2 nitrogen and oxygen atoms in total. The Morgan fingerprint density at radius 2 is 2.23 bits per heavy atom. The van der Waals surface area contributed by atoms with Gasteiger partial charge in [0.2, 0.25) is 0 Å². The van der Waals surface area contributed by atoms with Gasteiger partial charge in [0.25, 0.3) is 0 Å². The Morgan fingerprint density at radius 1 is 1.62 bits per heavy atom. The van der Waals surface area contributed by atoms with Gasteiger partial charge in [-0.2, -0.15) is 0 Å². The second-order valence-electron chi connectivity index (χ2n) is 2.57. The summed E-state index contributed by atoms with van der Waals surface area (Å²) < 4.78 is 13.6. The van der Waals surface area contributed by atoms with Crippen molar-refractivity contribution in [2.24, 2.45) is 5.73 Å². The molecule has 70 valence electrons. The smallest absolute Gasteiger partial charge is 0.168 e. The summed E-state index contributed by atoms with van der Waals surface area (Å²) in [5.41, 5.74) is 6.50. The third-order valence-corrected chi connectivity index (χ3v) is 2.26. The summed E-state index contributed by atoms with van der Waals surface area (Å²) in [7, 11) is 0. The fourth-order valence-electron chi connectivity index (χ4n) is 0.886. The summed E-state index contributed by atoms with van der Waals surface area (Å²) in [4.78, 5) is 0. The summed E-state index contributed by atoms with van der Waals surface area (Å²) in [5.74, 6) is -0.264. The molecule has 0 aliphatic rings. The third kappa shape index (κ3) is 2.63. The Kier molecular flexibility index (Phi) is 3.22. The van der Waals surface area contributed by atoms with Crippen molar-refractivity contribution in [1.82, 2.24) is 0 Å². The van der Waals surface area contributed by atoms with Crippen molar-refractivity contribution in [2.75, 3.05) is 5.32 Å². The van der Waals surface area contributed by atoms with Crippen LogP contribution in [0.5, 0.6) is 0 Å². The van der Waals surface area contributed by atoms with Gasteiger partial charge in [-0.05, 0) is 52.8 Å². The van der Waals surface area contributed by atoms with E-state index in [1.165, 1.54) is 6.07 Å². The first-order valence-electron chi connectivity index (χ1n) is 3.53. The average Bonchev–Trinajstić information content (AvgIpc) is 1.99. The van der Waals surface area contributed by atoms with Crippen molar-refractivity contribution in [2.45, 2.75) is 6.92 Å². The fourth-order valence-corrected chi connectivity index (χ4v) is 1.41. The molecule has 1 aromatic carbocycles. The fraction of sp³-hybridized carbons (Fsp3) is 0.125. The molecular weight excluding hydrogens is 255 g/mol. The van der Waals surface area contributed by atoms with Gasteiger partial charge < -0.3 is 11.1 Å². The monoisotopic (exact) mass is 262 g/mol. The molecule has 0 spiro atoms. The number of thiocarbonyl (C=S) groups is 1. The number of nitrogens with two attached hydrogens (primary N) is 1. The van der Waals surface area contributed by atoms with Crippen molar-refractivity contribution < 1.29 is 4.39 Å². The summed E-state index contributed by atoms with van der Waals surface area (Å²) in [6, 6.07) is 3.01. The molecule has 1 aromatic rings. The summed E-state index contributed by atoms with van der Waals surface area (Å²) in [5, 5.41) is 2.90. The molecule has 0 amide bonds. The Bertz CT molecular complexity index is 354. The van der Waals surface area contributed by atoms with Crippen LogP contribution < -0.4 is 11.1 Å². The van der Waals surface area contributed by atoms with E-state index < -0.39 is 0 Å². The van der Waals surface area contributed by atoms with Crippen LogP contribution in [-0.2, 0) is 0 Å².